The van der Waals surface area contributed by atoms with E-state index in [1.54, 1.807) is 0 Å². The highest BCUT2D eigenvalue weighted by Crippen LogP contribution is 2.33. The van der Waals surface area contributed by atoms with Crippen molar-refractivity contribution >= 4 is 0 Å². The smallest absolute Gasteiger partial charge is 0.187 e. The molecule has 4 aliphatic heterocycles. The van der Waals surface area contributed by atoms with Crippen LogP contribution >= 0.6 is 0 Å². The van der Waals surface area contributed by atoms with Crippen LogP contribution in [-0.2, 0) is 33.2 Å². The molecule has 4 rings (SSSR count). The molecule has 20 atom stereocenters. The molecule has 45 heavy (non-hydrogen) atoms. The third-order valence-corrected chi connectivity index (χ3v) is 8.16. The first-order valence-electron chi connectivity index (χ1n) is 14.1. The molecule has 0 amide bonds. The van der Waals surface area contributed by atoms with Crippen molar-refractivity contribution in [3.05, 3.63) is 0 Å². The van der Waals surface area contributed by atoms with Crippen LogP contribution in [0.5, 0.6) is 0 Å². The first-order chi connectivity index (χ1) is 21.2. The Labute approximate surface area is 254 Å². The van der Waals surface area contributed by atoms with Crippen LogP contribution < -0.4 is 0 Å². The molecule has 21 heteroatoms. The molecule has 4 aliphatic rings. The maximum absolute atomic E-state index is 11.1. The van der Waals surface area contributed by atoms with E-state index in [1.165, 1.54) is 0 Å². The van der Waals surface area contributed by atoms with Crippen LogP contribution in [0.4, 0.5) is 0 Å². The molecular weight excluding hydrogens is 624 g/mol. The third-order valence-electron chi connectivity index (χ3n) is 8.16. The summed E-state index contributed by atoms with van der Waals surface area (Å²) in [6.07, 6.45) is -35.4. The number of hydrogen-bond donors (Lipinski definition) is 14. The van der Waals surface area contributed by atoms with E-state index in [1.807, 2.05) is 0 Å². The molecule has 14 N–H and O–H groups in total. The number of hydrogen-bond acceptors (Lipinski definition) is 21. The molecule has 0 unspecified atom stereocenters. The van der Waals surface area contributed by atoms with Gasteiger partial charge in [-0.2, -0.15) is 0 Å². The molecule has 0 bridgehead atoms. The second kappa shape index (κ2) is 15.6. The van der Waals surface area contributed by atoms with Gasteiger partial charge in [0.15, 0.2) is 25.2 Å². The lowest BCUT2D eigenvalue weighted by Crippen LogP contribution is -2.65. The molecule has 0 saturated carbocycles. The number of aliphatic hydroxyl groups is 14. The van der Waals surface area contributed by atoms with E-state index in [0.29, 0.717) is 0 Å². The summed E-state index contributed by atoms with van der Waals surface area (Å²) in [6, 6.07) is 0. The van der Waals surface area contributed by atoms with E-state index in [9.17, 15) is 71.5 Å². The molecule has 4 heterocycles. The lowest BCUT2D eigenvalue weighted by Gasteiger charge is -2.47. The van der Waals surface area contributed by atoms with Crippen LogP contribution in [0.2, 0.25) is 0 Å². The van der Waals surface area contributed by atoms with Crippen LogP contribution in [0, 0.1) is 0 Å². The highest BCUT2D eigenvalue weighted by atomic mass is 16.8. The number of aliphatic hydroxyl groups excluding tert-OH is 14. The van der Waals surface area contributed by atoms with Gasteiger partial charge in [-0.05, 0) is 0 Å². The summed E-state index contributed by atoms with van der Waals surface area (Å²) < 4.78 is 37.7. The monoisotopic (exact) mass is 666 g/mol. The summed E-state index contributed by atoms with van der Waals surface area (Å²) >= 11 is 0. The van der Waals surface area contributed by atoms with Gasteiger partial charge in [-0.15, -0.1) is 0 Å². The summed E-state index contributed by atoms with van der Waals surface area (Å²) in [5, 5.41) is 142. The first kappa shape index (κ1) is 37.0. The van der Waals surface area contributed by atoms with Gasteiger partial charge in [0.2, 0.25) is 0 Å². The first-order valence-corrected chi connectivity index (χ1v) is 14.1. The number of ether oxygens (including phenoxy) is 7. The average Bonchev–Trinajstić information content (AvgIpc) is 3.31. The predicted octanol–water partition coefficient (Wildman–Crippen LogP) is -9.75. The molecule has 264 valence electrons. The molecule has 0 aromatic rings. The molecule has 21 nitrogen and oxygen atoms in total. The predicted molar refractivity (Wildman–Crippen MR) is 134 cm³/mol. The fourth-order valence-corrected chi connectivity index (χ4v) is 5.44. The average molecular weight is 667 g/mol. The van der Waals surface area contributed by atoms with E-state index in [4.69, 9.17) is 33.2 Å². The zero-order chi connectivity index (χ0) is 33.3. The Balaban J connectivity index is 1.54. The van der Waals surface area contributed by atoms with Gasteiger partial charge in [0.05, 0.1) is 26.4 Å². The SMILES string of the molecule is OC[C@@H](O)[C@@H]1O[C@H](O[C@@H]2[C@H](O)[C@@H](O[C@@H]3[C@@H](O)[C@H](O)[C@@H](CO)O[C@@H]3O)O[C@H](CO[C@@H]3O[C@H](CO)[C@H](O)[C@H](O)[C@H]3O)[C@H]2O)[C@H](O)[C@H]1O. The van der Waals surface area contributed by atoms with E-state index in [-0.39, 0.29) is 0 Å². The molecule has 4 fully saturated rings. The minimum Gasteiger partial charge on any atom is -0.394 e. The molecule has 0 aromatic heterocycles. The quantitative estimate of drug-likeness (QED) is 0.0973. The van der Waals surface area contributed by atoms with Crippen LogP contribution in [-0.4, -0.2) is 221 Å². The maximum atomic E-state index is 11.1. The highest BCUT2D eigenvalue weighted by molar-refractivity contribution is 4.97. The lowest BCUT2D eigenvalue weighted by molar-refractivity contribution is -0.377. The van der Waals surface area contributed by atoms with Crippen molar-refractivity contribution in [2.24, 2.45) is 0 Å². The second-order valence-electron chi connectivity index (χ2n) is 11.2. The van der Waals surface area contributed by atoms with Gasteiger partial charge >= 0.3 is 0 Å². The topological polar surface area (TPSA) is 348 Å². The van der Waals surface area contributed by atoms with Gasteiger partial charge in [0.1, 0.15) is 97.7 Å². The zero-order valence-corrected chi connectivity index (χ0v) is 23.5. The summed E-state index contributed by atoms with van der Waals surface area (Å²) in [7, 11) is 0. The standard InChI is InChI=1S/C24H42O21/c25-1-5(28)18-14(34)16(36)23(43-18)44-19-11(31)8(4-39-22-15(35)12(32)9(29)7(3-27)41-22)42-24(17(19)37)45-20-13(33)10(30)6(2-26)40-21(20)38/h5-38H,1-4H2/t5-,6-,7-,8-,9+,10-,11-,12+,13+,14-,15-,16-,17+,18+,19+,20-,21+,22-,23-,24-/m1/s1. The molecule has 0 spiro atoms. The van der Waals surface area contributed by atoms with Crippen LogP contribution in [0.25, 0.3) is 0 Å². The van der Waals surface area contributed by atoms with E-state index in [2.05, 4.69) is 0 Å². The van der Waals surface area contributed by atoms with Crippen molar-refractivity contribution in [2.45, 2.75) is 123 Å². The zero-order valence-electron chi connectivity index (χ0n) is 23.5. The van der Waals surface area contributed by atoms with Gasteiger partial charge < -0.3 is 105 Å². The Bertz CT molecular complexity index is 916. The minimum absolute atomic E-state index is 0.750. The third kappa shape index (κ3) is 7.59. The molecular formula is C24H42O21. The van der Waals surface area contributed by atoms with Gasteiger partial charge in [-0.25, -0.2) is 0 Å². The fraction of sp³-hybridized carbons (Fsp3) is 1.00. The Morgan fingerprint density at radius 2 is 1.02 bits per heavy atom. The Morgan fingerprint density at radius 1 is 0.489 bits per heavy atom. The van der Waals surface area contributed by atoms with Crippen LogP contribution in [0.15, 0.2) is 0 Å². The number of rotatable bonds is 11. The Hall–Kier alpha value is -0.840. The normalized spacial score (nSPS) is 51.7. The van der Waals surface area contributed by atoms with E-state index < -0.39 is 149 Å². The summed E-state index contributed by atoms with van der Waals surface area (Å²) in [5.41, 5.74) is 0. The molecule has 0 aliphatic carbocycles. The van der Waals surface area contributed by atoms with Crippen molar-refractivity contribution in [1.29, 1.82) is 0 Å². The largest absolute Gasteiger partial charge is 0.394 e. The molecule has 4 saturated heterocycles. The van der Waals surface area contributed by atoms with Crippen molar-refractivity contribution in [1.82, 2.24) is 0 Å². The molecule has 0 radical (unpaired) electrons. The second-order valence-corrected chi connectivity index (χ2v) is 11.2. The summed E-state index contributed by atoms with van der Waals surface area (Å²) in [6.45, 7) is -3.18. The molecule has 0 aromatic carbocycles. The maximum Gasteiger partial charge on any atom is 0.187 e. The van der Waals surface area contributed by atoms with Crippen molar-refractivity contribution in [2.75, 3.05) is 26.4 Å². The minimum atomic E-state index is -2.05. The van der Waals surface area contributed by atoms with Gasteiger partial charge in [-0.1, -0.05) is 0 Å². The van der Waals surface area contributed by atoms with Crippen molar-refractivity contribution in [3.8, 4) is 0 Å². The summed E-state index contributed by atoms with van der Waals surface area (Å²) in [5.74, 6) is 0. The van der Waals surface area contributed by atoms with Gasteiger partial charge in [0.25, 0.3) is 0 Å². The van der Waals surface area contributed by atoms with Crippen LogP contribution in [0.1, 0.15) is 0 Å². The van der Waals surface area contributed by atoms with E-state index in [0.717, 1.165) is 0 Å². The van der Waals surface area contributed by atoms with Crippen LogP contribution in [0.3, 0.4) is 0 Å². The van der Waals surface area contributed by atoms with E-state index >= 15 is 0 Å². The van der Waals surface area contributed by atoms with Crippen molar-refractivity contribution in [3.63, 3.8) is 0 Å². The Kier molecular flexibility index (Phi) is 12.8. The van der Waals surface area contributed by atoms with Crippen molar-refractivity contribution < 1.29 is 105 Å². The van der Waals surface area contributed by atoms with Gasteiger partial charge in [0, 0.05) is 0 Å². The highest BCUT2D eigenvalue weighted by Gasteiger charge is 2.55. The fourth-order valence-electron chi connectivity index (χ4n) is 5.44. The lowest BCUT2D eigenvalue weighted by atomic mass is 9.97. The van der Waals surface area contributed by atoms with Gasteiger partial charge in [-0.3, -0.25) is 0 Å². The summed E-state index contributed by atoms with van der Waals surface area (Å²) in [4.78, 5) is 0. The Morgan fingerprint density at radius 3 is 1.64 bits per heavy atom.